The van der Waals surface area contributed by atoms with Crippen molar-refractivity contribution in [1.29, 1.82) is 0 Å². The summed E-state index contributed by atoms with van der Waals surface area (Å²) < 4.78 is 0. The van der Waals surface area contributed by atoms with Gasteiger partial charge in [-0.05, 0) is 47.2 Å². The fourth-order valence-corrected chi connectivity index (χ4v) is 2.90. The van der Waals surface area contributed by atoms with Crippen molar-refractivity contribution in [2.75, 3.05) is 0 Å². The topological polar surface area (TPSA) is 37.3 Å². The molecule has 0 radical (unpaired) electrons. The summed E-state index contributed by atoms with van der Waals surface area (Å²) in [4.78, 5) is 13.0. The molecular weight excluding hydrogens is 268 g/mol. The lowest BCUT2D eigenvalue weighted by atomic mass is 10.1. The normalized spacial score (nSPS) is 10.6. The zero-order valence-electron chi connectivity index (χ0n) is 10.6. The number of carbonyl (C=O) groups is 1. The highest BCUT2D eigenvalue weighted by atomic mass is 32.2. The van der Waals surface area contributed by atoms with Crippen LogP contribution in [0, 0.1) is 0 Å². The second-order valence-corrected chi connectivity index (χ2v) is 5.59. The first-order valence-corrected chi connectivity index (χ1v) is 7.04. The lowest BCUT2D eigenvalue weighted by Gasteiger charge is -2.04. The van der Waals surface area contributed by atoms with Gasteiger partial charge in [-0.2, -0.15) is 0 Å². The molecule has 0 atom stereocenters. The third-order valence-electron chi connectivity index (χ3n) is 3.06. The summed E-state index contributed by atoms with van der Waals surface area (Å²) in [6.07, 6.45) is 0. The average Bonchev–Trinajstić information content (AvgIpc) is 2.48. The lowest BCUT2D eigenvalue weighted by Crippen LogP contribution is -1.94. The Balaban J connectivity index is 1.87. The molecule has 3 aromatic rings. The van der Waals surface area contributed by atoms with Crippen LogP contribution in [-0.4, -0.2) is 11.1 Å². The Hall–Kier alpha value is -2.26. The first kappa shape index (κ1) is 12.8. The summed E-state index contributed by atoms with van der Waals surface area (Å²) in [6, 6.07) is 21.5. The highest BCUT2D eigenvalue weighted by molar-refractivity contribution is 7.99. The molecule has 2 nitrogen and oxygen atoms in total. The number of hydrogen-bond donors (Lipinski definition) is 1. The monoisotopic (exact) mass is 280 g/mol. The summed E-state index contributed by atoms with van der Waals surface area (Å²) in [5.41, 5.74) is 0.313. The van der Waals surface area contributed by atoms with Gasteiger partial charge < -0.3 is 5.11 Å². The van der Waals surface area contributed by atoms with Crippen LogP contribution >= 0.6 is 11.8 Å². The van der Waals surface area contributed by atoms with Gasteiger partial charge in [0.2, 0.25) is 0 Å². The van der Waals surface area contributed by atoms with Crippen LogP contribution in [0.5, 0.6) is 0 Å². The Kier molecular flexibility index (Phi) is 3.44. The van der Waals surface area contributed by atoms with E-state index < -0.39 is 5.97 Å². The van der Waals surface area contributed by atoms with Crippen molar-refractivity contribution in [3.05, 3.63) is 72.3 Å². The van der Waals surface area contributed by atoms with E-state index in [0.717, 1.165) is 9.79 Å². The summed E-state index contributed by atoms with van der Waals surface area (Å²) in [5, 5.41) is 11.3. The molecule has 1 N–H and O–H groups in total. The predicted molar refractivity (Wildman–Crippen MR) is 81.5 cm³/mol. The molecule has 98 valence electrons. The van der Waals surface area contributed by atoms with Crippen molar-refractivity contribution in [3.8, 4) is 0 Å². The molecule has 0 saturated heterocycles. The summed E-state index contributed by atoms with van der Waals surface area (Å²) in [5.74, 6) is -0.896. The van der Waals surface area contributed by atoms with Crippen molar-refractivity contribution < 1.29 is 9.90 Å². The first-order chi connectivity index (χ1) is 9.72. The van der Waals surface area contributed by atoms with E-state index in [1.165, 1.54) is 10.8 Å². The van der Waals surface area contributed by atoms with E-state index in [1.54, 1.807) is 23.9 Å². The molecule has 0 heterocycles. The van der Waals surface area contributed by atoms with Crippen LogP contribution < -0.4 is 0 Å². The zero-order valence-corrected chi connectivity index (χ0v) is 11.4. The zero-order chi connectivity index (χ0) is 13.9. The number of hydrogen-bond acceptors (Lipinski definition) is 2. The molecule has 0 spiro atoms. The highest BCUT2D eigenvalue weighted by Crippen LogP contribution is 2.30. The summed E-state index contributed by atoms with van der Waals surface area (Å²) in [7, 11) is 0. The van der Waals surface area contributed by atoms with Gasteiger partial charge in [0, 0.05) is 9.79 Å². The molecule has 0 aliphatic heterocycles. The Morgan fingerprint density at radius 3 is 2.15 bits per heavy atom. The van der Waals surface area contributed by atoms with Crippen molar-refractivity contribution >= 4 is 28.5 Å². The molecule has 0 amide bonds. The van der Waals surface area contributed by atoms with Gasteiger partial charge in [-0.3, -0.25) is 0 Å². The molecule has 3 rings (SSSR count). The van der Waals surface area contributed by atoms with Gasteiger partial charge in [-0.25, -0.2) is 4.79 Å². The van der Waals surface area contributed by atoms with Gasteiger partial charge in [0.15, 0.2) is 0 Å². The fourth-order valence-electron chi connectivity index (χ4n) is 2.03. The van der Waals surface area contributed by atoms with Crippen molar-refractivity contribution in [3.63, 3.8) is 0 Å². The van der Waals surface area contributed by atoms with Gasteiger partial charge >= 0.3 is 5.97 Å². The van der Waals surface area contributed by atoms with Gasteiger partial charge in [0.05, 0.1) is 5.56 Å². The van der Waals surface area contributed by atoms with E-state index >= 15 is 0 Å². The number of fused-ring (bicyclic) bond motifs is 1. The quantitative estimate of drug-likeness (QED) is 0.756. The number of benzene rings is 3. The molecule has 3 aromatic carbocycles. The first-order valence-electron chi connectivity index (χ1n) is 6.22. The lowest BCUT2D eigenvalue weighted by molar-refractivity contribution is 0.0697. The minimum atomic E-state index is -0.896. The maximum atomic E-state index is 10.8. The van der Waals surface area contributed by atoms with Gasteiger partial charge in [-0.1, -0.05) is 42.1 Å². The van der Waals surface area contributed by atoms with Crippen LogP contribution in [0.25, 0.3) is 10.8 Å². The summed E-state index contributed by atoms with van der Waals surface area (Å²) >= 11 is 1.63. The number of carboxylic acids is 1. The molecule has 0 aromatic heterocycles. The van der Waals surface area contributed by atoms with Crippen LogP contribution in [-0.2, 0) is 0 Å². The standard InChI is InChI=1S/C17H12O2S/c18-17(19)13-6-8-15(9-7-13)20-16-10-5-12-3-1-2-4-14(12)11-16/h1-11H,(H,18,19). The van der Waals surface area contributed by atoms with E-state index in [1.807, 2.05) is 24.3 Å². The maximum absolute atomic E-state index is 10.8. The van der Waals surface area contributed by atoms with E-state index in [0.29, 0.717) is 5.56 Å². The molecule has 0 unspecified atom stereocenters. The van der Waals surface area contributed by atoms with E-state index in [4.69, 9.17) is 5.11 Å². The number of carboxylic acid groups (broad SMARTS) is 1. The number of aromatic carboxylic acids is 1. The van der Waals surface area contributed by atoms with Crippen LogP contribution in [0.3, 0.4) is 0 Å². The van der Waals surface area contributed by atoms with Crippen molar-refractivity contribution in [2.45, 2.75) is 9.79 Å². The van der Waals surface area contributed by atoms with E-state index in [-0.39, 0.29) is 0 Å². The molecule has 0 saturated carbocycles. The minimum Gasteiger partial charge on any atom is -0.478 e. The number of rotatable bonds is 3. The van der Waals surface area contributed by atoms with Gasteiger partial charge in [-0.15, -0.1) is 0 Å². The van der Waals surface area contributed by atoms with Crippen LogP contribution in [0.2, 0.25) is 0 Å². The SMILES string of the molecule is O=C(O)c1ccc(Sc2ccc3ccccc3c2)cc1. The van der Waals surface area contributed by atoms with Gasteiger partial charge in [0.25, 0.3) is 0 Å². The van der Waals surface area contributed by atoms with E-state index in [2.05, 4.69) is 30.3 Å². The second-order valence-electron chi connectivity index (χ2n) is 4.44. The molecule has 0 bridgehead atoms. The Labute approximate surface area is 121 Å². The Bertz CT molecular complexity index is 763. The minimum absolute atomic E-state index is 0.313. The van der Waals surface area contributed by atoms with Crippen molar-refractivity contribution in [1.82, 2.24) is 0 Å². The Morgan fingerprint density at radius 2 is 1.45 bits per heavy atom. The Morgan fingerprint density at radius 1 is 0.800 bits per heavy atom. The molecular formula is C17H12O2S. The largest absolute Gasteiger partial charge is 0.478 e. The molecule has 3 heteroatoms. The summed E-state index contributed by atoms with van der Waals surface area (Å²) in [6.45, 7) is 0. The van der Waals surface area contributed by atoms with Gasteiger partial charge in [0.1, 0.15) is 0 Å². The van der Waals surface area contributed by atoms with Crippen LogP contribution in [0.1, 0.15) is 10.4 Å². The maximum Gasteiger partial charge on any atom is 0.335 e. The van der Waals surface area contributed by atoms with E-state index in [9.17, 15) is 4.79 Å². The van der Waals surface area contributed by atoms with Crippen LogP contribution in [0.15, 0.2) is 76.5 Å². The molecule has 0 aliphatic rings. The highest BCUT2D eigenvalue weighted by Gasteiger charge is 2.03. The fraction of sp³-hybridized carbons (Fsp3) is 0. The second kappa shape index (κ2) is 5.39. The van der Waals surface area contributed by atoms with Crippen molar-refractivity contribution in [2.24, 2.45) is 0 Å². The smallest absolute Gasteiger partial charge is 0.335 e. The predicted octanol–water partition coefficient (Wildman–Crippen LogP) is 4.69. The average molecular weight is 280 g/mol. The molecule has 0 fully saturated rings. The third kappa shape index (κ3) is 2.68. The third-order valence-corrected chi connectivity index (χ3v) is 4.06. The molecule has 20 heavy (non-hydrogen) atoms. The molecule has 0 aliphatic carbocycles. The van der Waals surface area contributed by atoms with Crippen LogP contribution in [0.4, 0.5) is 0 Å².